The molecule has 0 unspecified atom stereocenters. The van der Waals surface area contributed by atoms with Gasteiger partial charge in [-0.2, -0.15) is 0 Å². The average molecular weight is 301 g/mol. The Hall–Kier alpha value is -2.34. The van der Waals surface area contributed by atoms with Gasteiger partial charge in [-0.05, 0) is 30.7 Å². The van der Waals surface area contributed by atoms with Gasteiger partial charge < -0.3 is 4.40 Å². The molecule has 6 heteroatoms. The van der Waals surface area contributed by atoms with Crippen molar-refractivity contribution in [2.75, 3.05) is 11.0 Å². The molecule has 3 aromatic rings. The summed E-state index contributed by atoms with van der Waals surface area (Å²) in [6.45, 7) is 2.03. The molecule has 0 spiro atoms. The molecule has 108 valence electrons. The monoisotopic (exact) mass is 301 g/mol. The van der Waals surface area contributed by atoms with Crippen LogP contribution in [0.2, 0.25) is 0 Å². The highest BCUT2D eigenvalue weighted by molar-refractivity contribution is 7.92. The van der Waals surface area contributed by atoms with Gasteiger partial charge in [0.1, 0.15) is 5.65 Å². The van der Waals surface area contributed by atoms with E-state index in [9.17, 15) is 8.42 Å². The van der Waals surface area contributed by atoms with Crippen molar-refractivity contribution >= 4 is 21.4 Å². The van der Waals surface area contributed by atoms with E-state index in [1.54, 1.807) is 12.1 Å². The Morgan fingerprint density at radius 3 is 2.43 bits per heavy atom. The third kappa shape index (κ3) is 3.05. The number of sulfonamides is 1. The Morgan fingerprint density at radius 1 is 1.05 bits per heavy atom. The zero-order valence-electron chi connectivity index (χ0n) is 11.7. The van der Waals surface area contributed by atoms with E-state index in [-0.39, 0.29) is 0 Å². The number of hydrogen-bond donors (Lipinski definition) is 1. The molecule has 1 aromatic carbocycles. The van der Waals surface area contributed by atoms with E-state index in [2.05, 4.69) is 9.71 Å². The third-order valence-corrected chi connectivity index (χ3v) is 3.69. The maximum absolute atomic E-state index is 11.2. The minimum absolute atomic E-state index is 0.542. The van der Waals surface area contributed by atoms with E-state index >= 15 is 0 Å². The first-order chi connectivity index (χ1) is 9.90. The standard InChI is InChI=1S/C15H15N3O2S/c1-11-3-8-15-16-14(10-18(15)9-11)12-4-6-13(7-5-12)17-21(2,19)20/h3-10,17H,1-2H3. The molecule has 0 aliphatic carbocycles. The minimum atomic E-state index is -3.25. The van der Waals surface area contributed by atoms with Gasteiger partial charge in [0.15, 0.2) is 0 Å². The van der Waals surface area contributed by atoms with Crippen molar-refractivity contribution in [3.63, 3.8) is 0 Å². The van der Waals surface area contributed by atoms with Gasteiger partial charge in [0.05, 0.1) is 11.9 Å². The predicted octanol–water partition coefficient (Wildman–Crippen LogP) is 2.68. The first-order valence-corrected chi connectivity index (χ1v) is 8.33. The summed E-state index contributed by atoms with van der Waals surface area (Å²) >= 11 is 0. The molecular weight excluding hydrogens is 286 g/mol. The Labute approximate surface area is 123 Å². The second-order valence-corrected chi connectivity index (χ2v) is 6.80. The van der Waals surface area contributed by atoms with Crippen LogP contribution in [-0.4, -0.2) is 24.1 Å². The summed E-state index contributed by atoms with van der Waals surface area (Å²) < 4.78 is 26.8. The Balaban J connectivity index is 1.95. The summed E-state index contributed by atoms with van der Waals surface area (Å²) in [5.41, 5.74) is 4.39. The number of rotatable bonds is 3. The van der Waals surface area contributed by atoms with Gasteiger partial charge in [-0.1, -0.05) is 18.2 Å². The molecule has 0 atom stereocenters. The number of benzene rings is 1. The van der Waals surface area contributed by atoms with Crippen molar-refractivity contribution in [3.05, 3.63) is 54.4 Å². The Bertz CT molecular complexity index is 896. The average Bonchev–Trinajstić information content (AvgIpc) is 2.80. The largest absolute Gasteiger partial charge is 0.306 e. The van der Waals surface area contributed by atoms with Crippen molar-refractivity contribution in [2.24, 2.45) is 0 Å². The predicted molar refractivity (Wildman–Crippen MR) is 83.8 cm³/mol. The van der Waals surface area contributed by atoms with Crippen LogP contribution in [0, 0.1) is 6.92 Å². The second-order valence-electron chi connectivity index (χ2n) is 5.05. The van der Waals surface area contributed by atoms with Crippen LogP contribution in [0.5, 0.6) is 0 Å². The summed E-state index contributed by atoms with van der Waals surface area (Å²) in [5.74, 6) is 0. The Morgan fingerprint density at radius 2 is 1.76 bits per heavy atom. The quantitative estimate of drug-likeness (QED) is 0.809. The first kappa shape index (κ1) is 13.6. The zero-order chi connectivity index (χ0) is 15.0. The molecule has 0 bridgehead atoms. The molecule has 0 amide bonds. The maximum Gasteiger partial charge on any atom is 0.229 e. The highest BCUT2D eigenvalue weighted by atomic mass is 32.2. The fourth-order valence-electron chi connectivity index (χ4n) is 2.17. The lowest BCUT2D eigenvalue weighted by molar-refractivity contribution is 0.607. The number of aryl methyl sites for hydroxylation is 1. The van der Waals surface area contributed by atoms with E-state index in [1.165, 1.54) is 5.56 Å². The lowest BCUT2D eigenvalue weighted by Crippen LogP contribution is -2.09. The molecule has 2 aromatic heterocycles. The molecule has 0 radical (unpaired) electrons. The number of nitrogens with zero attached hydrogens (tertiary/aromatic N) is 2. The Kier molecular flexibility index (Phi) is 3.17. The minimum Gasteiger partial charge on any atom is -0.306 e. The fraction of sp³-hybridized carbons (Fsp3) is 0.133. The van der Waals surface area contributed by atoms with E-state index in [1.807, 2.05) is 48.0 Å². The molecule has 0 fully saturated rings. The van der Waals surface area contributed by atoms with Crippen molar-refractivity contribution in [3.8, 4) is 11.3 Å². The van der Waals surface area contributed by atoms with Crippen LogP contribution < -0.4 is 4.72 Å². The summed E-state index contributed by atoms with van der Waals surface area (Å²) in [4.78, 5) is 4.55. The number of nitrogens with one attached hydrogen (secondary N) is 1. The molecule has 0 saturated carbocycles. The van der Waals surface area contributed by atoms with Crippen molar-refractivity contribution in [2.45, 2.75) is 6.92 Å². The highest BCUT2D eigenvalue weighted by Crippen LogP contribution is 2.21. The zero-order valence-corrected chi connectivity index (χ0v) is 12.6. The lowest BCUT2D eigenvalue weighted by atomic mass is 10.1. The molecular formula is C15H15N3O2S. The van der Waals surface area contributed by atoms with Gasteiger partial charge >= 0.3 is 0 Å². The van der Waals surface area contributed by atoms with Gasteiger partial charge in [-0.15, -0.1) is 0 Å². The third-order valence-electron chi connectivity index (χ3n) is 3.08. The number of aromatic nitrogens is 2. The fourth-order valence-corrected chi connectivity index (χ4v) is 2.73. The number of pyridine rings is 1. The van der Waals surface area contributed by atoms with Crippen LogP contribution in [0.1, 0.15) is 5.56 Å². The van der Waals surface area contributed by atoms with Crippen molar-refractivity contribution < 1.29 is 8.42 Å². The van der Waals surface area contributed by atoms with Crippen LogP contribution in [-0.2, 0) is 10.0 Å². The summed E-state index contributed by atoms with van der Waals surface area (Å²) in [6, 6.07) is 11.1. The molecule has 0 saturated heterocycles. The van der Waals surface area contributed by atoms with Crippen LogP contribution in [0.15, 0.2) is 48.8 Å². The number of imidazole rings is 1. The van der Waals surface area contributed by atoms with Gasteiger partial charge in [-0.25, -0.2) is 13.4 Å². The second kappa shape index (κ2) is 4.89. The molecule has 21 heavy (non-hydrogen) atoms. The molecule has 0 aliphatic rings. The van der Waals surface area contributed by atoms with Crippen LogP contribution >= 0.6 is 0 Å². The normalized spacial score (nSPS) is 11.7. The lowest BCUT2D eigenvalue weighted by Gasteiger charge is -2.04. The number of hydrogen-bond acceptors (Lipinski definition) is 3. The van der Waals surface area contributed by atoms with Gasteiger partial charge in [-0.3, -0.25) is 4.72 Å². The van der Waals surface area contributed by atoms with E-state index in [4.69, 9.17) is 0 Å². The summed E-state index contributed by atoms with van der Waals surface area (Å²) in [5, 5.41) is 0. The van der Waals surface area contributed by atoms with Crippen molar-refractivity contribution in [1.82, 2.24) is 9.38 Å². The maximum atomic E-state index is 11.2. The molecule has 2 heterocycles. The van der Waals surface area contributed by atoms with Crippen LogP contribution in [0.3, 0.4) is 0 Å². The molecule has 3 rings (SSSR count). The topological polar surface area (TPSA) is 63.5 Å². The number of anilines is 1. The highest BCUT2D eigenvalue weighted by Gasteiger charge is 2.06. The van der Waals surface area contributed by atoms with Gasteiger partial charge in [0.2, 0.25) is 10.0 Å². The first-order valence-electron chi connectivity index (χ1n) is 6.44. The van der Waals surface area contributed by atoms with Crippen LogP contribution in [0.25, 0.3) is 16.9 Å². The molecule has 0 aliphatic heterocycles. The molecule has 1 N–H and O–H groups in total. The molecule has 5 nitrogen and oxygen atoms in total. The van der Waals surface area contributed by atoms with Gasteiger partial charge in [0, 0.05) is 23.6 Å². The van der Waals surface area contributed by atoms with Crippen molar-refractivity contribution in [1.29, 1.82) is 0 Å². The smallest absolute Gasteiger partial charge is 0.229 e. The van der Waals surface area contributed by atoms with E-state index < -0.39 is 10.0 Å². The van der Waals surface area contributed by atoms with E-state index in [0.29, 0.717) is 5.69 Å². The number of fused-ring (bicyclic) bond motifs is 1. The summed E-state index contributed by atoms with van der Waals surface area (Å²) in [7, 11) is -3.25. The van der Waals surface area contributed by atoms with Crippen LogP contribution in [0.4, 0.5) is 5.69 Å². The van der Waals surface area contributed by atoms with E-state index in [0.717, 1.165) is 23.2 Å². The SMILES string of the molecule is Cc1ccc2nc(-c3ccc(NS(C)(=O)=O)cc3)cn2c1. The van der Waals surface area contributed by atoms with Gasteiger partial charge in [0.25, 0.3) is 0 Å². The summed E-state index contributed by atoms with van der Waals surface area (Å²) in [6.07, 6.45) is 5.11.